The molecule has 0 fully saturated rings. The molecule has 0 N–H and O–H groups in total. The van der Waals surface area contributed by atoms with Crippen molar-refractivity contribution < 1.29 is 19.8 Å². The van der Waals surface area contributed by atoms with E-state index in [4.69, 9.17) is 0 Å². The summed E-state index contributed by atoms with van der Waals surface area (Å²) in [5, 5.41) is 17.2. The lowest BCUT2D eigenvalue weighted by Crippen LogP contribution is -2.02. The largest absolute Gasteiger partial charge is 0.299 e. The van der Waals surface area contributed by atoms with E-state index < -0.39 is 10.2 Å². The van der Waals surface area contributed by atoms with Crippen LogP contribution in [0.2, 0.25) is 0 Å². The van der Waals surface area contributed by atoms with E-state index >= 15 is 0 Å². The monoisotopic (exact) mass is 178 g/mol. The number of allylic oxidation sites excluding steroid dienone is 1. The smallest absolute Gasteiger partial charge is 0.282 e. The predicted octanol–water partition coefficient (Wildman–Crippen LogP) is 0.654. The van der Waals surface area contributed by atoms with Gasteiger partial charge in [0.1, 0.15) is 12.0 Å². The maximum Gasteiger partial charge on any atom is 0.299 e. The van der Waals surface area contributed by atoms with Crippen molar-refractivity contribution in [2.24, 2.45) is 0 Å². The highest BCUT2D eigenvalue weighted by molar-refractivity contribution is 4.82. The molecule has 0 aromatic carbocycles. The molecular weight excluding hydrogens is 172 g/mol. The first-order valence-corrected chi connectivity index (χ1v) is 2.88. The van der Waals surface area contributed by atoms with Gasteiger partial charge in [-0.15, -0.1) is 20.2 Å². The van der Waals surface area contributed by atoms with E-state index in [-0.39, 0.29) is 12.2 Å². The standard InChI is InChI=1S/C4H6N2O6/c1-2-4(12-6(9)10)3-11-5(7)8/h3H,2H2,1H3/b4-3-. The molecule has 12 heavy (non-hydrogen) atoms. The van der Waals surface area contributed by atoms with E-state index in [2.05, 4.69) is 9.68 Å². The first-order valence-electron chi connectivity index (χ1n) is 2.88. The number of nitrogens with zero attached hydrogens (tertiary/aromatic N) is 2. The van der Waals surface area contributed by atoms with Gasteiger partial charge >= 0.3 is 0 Å². The van der Waals surface area contributed by atoms with Crippen molar-refractivity contribution in [1.29, 1.82) is 0 Å². The molecule has 0 rings (SSSR count). The van der Waals surface area contributed by atoms with Crippen LogP contribution in [0.15, 0.2) is 12.0 Å². The van der Waals surface area contributed by atoms with Gasteiger partial charge in [0, 0.05) is 0 Å². The van der Waals surface area contributed by atoms with E-state index in [0.29, 0.717) is 6.26 Å². The molecule has 0 spiro atoms. The molecule has 8 nitrogen and oxygen atoms in total. The zero-order chi connectivity index (χ0) is 9.56. The molecule has 0 aliphatic rings. The Labute approximate surface area is 66.6 Å². The Morgan fingerprint density at radius 2 is 2.00 bits per heavy atom. The van der Waals surface area contributed by atoms with E-state index in [0.717, 1.165) is 0 Å². The molecule has 0 atom stereocenters. The SMILES string of the molecule is CC/C(=C/O[N+](=O)[O-])O[N+](=O)[O-]. The molecule has 8 heteroatoms. The molecule has 0 saturated heterocycles. The van der Waals surface area contributed by atoms with E-state index in [9.17, 15) is 20.2 Å². The Balaban J connectivity index is 4.04. The van der Waals surface area contributed by atoms with E-state index in [1.165, 1.54) is 6.92 Å². The van der Waals surface area contributed by atoms with Gasteiger partial charge in [0.15, 0.2) is 0 Å². The molecule has 0 heterocycles. The topological polar surface area (TPSA) is 105 Å². The summed E-state index contributed by atoms with van der Waals surface area (Å²) in [7, 11) is 0. The normalized spacial score (nSPS) is 10.6. The highest BCUT2D eigenvalue weighted by Crippen LogP contribution is 2.02. The molecule has 0 amide bonds. The predicted molar refractivity (Wildman–Crippen MR) is 34.5 cm³/mol. The van der Waals surface area contributed by atoms with Gasteiger partial charge in [0.2, 0.25) is 0 Å². The van der Waals surface area contributed by atoms with Crippen molar-refractivity contribution in [3.8, 4) is 0 Å². The summed E-state index contributed by atoms with van der Waals surface area (Å²) in [6, 6.07) is 0. The third-order valence-corrected chi connectivity index (χ3v) is 0.810. The van der Waals surface area contributed by atoms with Crippen LogP contribution in [-0.4, -0.2) is 10.2 Å². The van der Waals surface area contributed by atoms with E-state index in [1.807, 2.05) is 0 Å². The van der Waals surface area contributed by atoms with Crippen molar-refractivity contribution >= 4 is 0 Å². The number of hydrogen-bond donors (Lipinski definition) is 0. The van der Waals surface area contributed by atoms with Crippen LogP contribution in [0.5, 0.6) is 0 Å². The van der Waals surface area contributed by atoms with Gasteiger partial charge in [-0.3, -0.25) is 9.68 Å². The second kappa shape index (κ2) is 4.88. The summed E-state index contributed by atoms with van der Waals surface area (Å²) in [6.45, 7) is 1.53. The fourth-order valence-electron chi connectivity index (χ4n) is 0.367. The highest BCUT2D eigenvalue weighted by atomic mass is 17.0. The summed E-state index contributed by atoms with van der Waals surface area (Å²) in [4.78, 5) is 27.0. The fourth-order valence-corrected chi connectivity index (χ4v) is 0.367. The number of rotatable bonds is 5. The first-order chi connectivity index (χ1) is 5.56. The molecule has 0 bridgehead atoms. The van der Waals surface area contributed by atoms with Crippen molar-refractivity contribution in [1.82, 2.24) is 0 Å². The maximum absolute atomic E-state index is 9.73. The second-order valence-electron chi connectivity index (χ2n) is 1.58. The lowest BCUT2D eigenvalue weighted by Gasteiger charge is -1.98. The molecule has 0 unspecified atom stereocenters. The zero-order valence-corrected chi connectivity index (χ0v) is 6.13. The van der Waals surface area contributed by atoms with Crippen molar-refractivity contribution in [2.45, 2.75) is 13.3 Å². The molecular formula is C4H6N2O6. The molecule has 68 valence electrons. The van der Waals surface area contributed by atoms with Gasteiger partial charge in [0.25, 0.3) is 10.2 Å². The van der Waals surface area contributed by atoms with Crippen LogP contribution in [-0.2, 0) is 9.68 Å². The van der Waals surface area contributed by atoms with Crippen LogP contribution in [0, 0.1) is 20.2 Å². The Morgan fingerprint density at radius 1 is 1.42 bits per heavy atom. The Bertz CT molecular complexity index is 212. The Hall–Kier alpha value is -1.86. The lowest BCUT2D eigenvalue weighted by atomic mass is 10.4. The first kappa shape index (κ1) is 10.1. The minimum Gasteiger partial charge on any atom is -0.282 e. The summed E-state index contributed by atoms with van der Waals surface area (Å²) in [5.74, 6) is -0.225. The van der Waals surface area contributed by atoms with Crippen molar-refractivity contribution in [3.63, 3.8) is 0 Å². The molecule has 0 aromatic rings. The average molecular weight is 178 g/mol. The summed E-state index contributed by atoms with van der Waals surface area (Å²) in [5.41, 5.74) is 0. The van der Waals surface area contributed by atoms with Crippen LogP contribution in [0.1, 0.15) is 13.3 Å². The quantitative estimate of drug-likeness (QED) is 0.347. The van der Waals surface area contributed by atoms with E-state index in [1.54, 1.807) is 0 Å². The van der Waals surface area contributed by atoms with Gasteiger partial charge in [-0.25, -0.2) is 0 Å². The van der Waals surface area contributed by atoms with Crippen molar-refractivity contribution in [3.05, 3.63) is 32.2 Å². The highest BCUT2D eigenvalue weighted by Gasteiger charge is 2.01. The van der Waals surface area contributed by atoms with Crippen LogP contribution in [0.25, 0.3) is 0 Å². The van der Waals surface area contributed by atoms with Gasteiger partial charge in [0.05, 0.1) is 0 Å². The second-order valence-corrected chi connectivity index (χ2v) is 1.58. The summed E-state index contributed by atoms with van der Waals surface area (Å²) < 4.78 is 0. The zero-order valence-electron chi connectivity index (χ0n) is 6.13. The Kier molecular flexibility index (Phi) is 4.12. The lowest BCUT2D eigenvalue weighted by molar-refractivity contribution is -0.752. The molecule has 0 saturated carbocycles. The van der Waals surface area contributed by atoms with Gasteiger partial charge in [-0.1, -0.05) is 6.92 Å². The molecule has 0 radical (unpaired) electrons. The van der Waals surface area contributed by atoms with Gasteiger partial charge in [-0.05, 0) is 6.42 Å². The number of hydrogen-bond acceptors (Lipinski definition) is 6. The van der Waals surface area contributed by atoms with Gasteiger partial charge < -0.3 is 0 Å². The maximum atomic E-state index is 9.73. The van der Waals surface area contributed by atoms with Gasteiger partial charge in [-0.2, -0.15) is 0 Å². The fraction of sp³-hybridized carbons (Fsp3) is 0.500. The molecule has 0 aromatic heterocycles. The molecule has 0 aliphatic heterocycles. The molecule has 0 aliphatic carbocycles. The average Bonchev–Trinajstić information content (AvgIpc) is 1.97. The van der Waals surface area contributed by atoms with Crippen LogP contribution in [0.4, 0.5) is 0 Å². The third kappa shape index (κ3) is 4.97. The van der Waals surface area contributed by atoms with Crippen LogP contribution < -0.4 is 0 Å². The minimum atomic E-state index is -1.10. The van der Waals surface area contributed by atoms with Crippen molar-refractivity contribution in [2.75, 3.05) is 0 Å². The summed E-state index contributed by atoms with van der Waals surface area (Å²) >= 11 is 0. The third-order valence-electron chi connectivity index (χ3n) is 0.810. The van der Waals surface area contributed by atoms with Crippen LogP contribution >= 0.6 is 0 Å². The Morgan fingerprint density at radius 3 is 2.33 bits per heavy atom. The summed E-state index contributed by atoms with van der Waals surface area (Å²) in [6.07, 6.45) is 0.706. The van der Waals surface area contributed by atoms with Crippen LogP contribution in [0.3, 0.4) is 0 Å². The minimum absolute atomic E-state index is 0.134.